The highest BCUT2D eigenvalue weighted by Gasteiger charge is 2.28. The molecule has 4 heterocycles. The van der Waals surface area contributed by atoms with Crippen molar-refractivity contribution in [3.05, 3.63) is 52.4 Å². The molecule has 0 aliphatic carbocycles. The molecule has 1 fully saturated rings. The first-order chi connectivity index (χ1) is 14.4. The zero-order chi connectivity index (χ0) is 21.3. The van der Waals surface area contributed by atoms with Gasteiger partial charge in [-0.3, -0.25) is 9.78 Å². The van der Waals surface area contributed by atoms with Gasteiger partial charge in [0.25, 0.3) is 5.91 Å². The second-order valence-electron chi connectivity index (χ2n) is 7.64. The number of nitrogens with one attached hydrogen (secondary N) is 1. The van der Waals surface area contributed by atoms with E-state index < -0.39 is 0 Å². The molecule has 3 aromatic rings. The number of carbonyl (C=O) groups is 1. The third-order valence-electron chi connectivity index (χ3n) is 5.50. The van der Waals surface area contributed by atoms with Crippen LogP contribution in [0.15, 0.2) is 30.5 Å². The maximum absolute atomic E-state index is 12.9. The minimum Gasteiger partial charge on any atom is -0.384 e. The summed E-state index contributed by atoms with van der Waals surface area (Å²) in [6.07, 6.45) is 3.60. The second kappa shape index (κ2) is 8.39. The van der Waals surface area contributed by atoms with Gasteiger partial charge in [0.2, 0.25) is 0 Å². The van der Waals surface area contributed by atoms with Crippen LogP contribution < -0.4 is 11.1 Å². The highest BCUT2D eigenvalue weighted by atomic mass is 32.1. The minimum absolute atomic E-state index is 0.0794. The molecule has 0 unspecified atom stereocenters. The van der Waals surface area contributed by atoms with Crippen molar-refractivity contribution in [1.29, 1.82) is 0 Å². The number of aryl methyl sites for hydroxylation is 2. The highest BCUT2D eigenvalue weighted by molar-refractivity contribution is 7.17. The lowest BCUT2D eigenvalue weighted by molar-refractivity contribution is 0.0716. The summed E-state index contributed by atoms with van der Waals surface area (Å²) in [5, 5.41) is 3.80. The van der Waals surface area contributed by atoms with E-state index in [-0.39, 0.29) is 5.91 Å². The number of pyridine rings is 2. The van der Waals surface area contributed by atoms with Gasteiger partial charge < -0.3 is 16.0 Å². The monoisotopic (exact) mass is 422 g/mol. The van der Waals surface area contributed by atoms with Gasteiger partial charge >= 0.3 is 0 Å². The molecular formula is C22H26N6OS. The summed E-state index contributed by atoms with van der Waals surface area (Å²) >= 11 is 1.42. The maximum Gasteiger partial charge on any atom is 0.265 e. The second-order valence-corrected chi connectivity index (χ2v) is 8.64. The molecule has 1 aliphatic heterocycles. The number of rotatable bonds is 4. The molecule has 0 radical (unpaired) electrons. The number of amides is 1. The van der Waals surface area contributed by atoms with Gasteiger partial charge in [-0.2, -0.15) is 0 Å². The van der Waals surface area contributed by atoms with Crippen LogP contribution >= 0.6 is 11.3 Å². The van der Waals surface area contributed by atoms with Gasteiger partial charge in [0.15, 0.2) is 5.13 Å². The van der Waals surface area contributed by atoms with Crippen molar-refractivity contribution in [3.8, 4) is 11.1 Å². The van der Waals surface area contributed by atoms with Crippen LogP contribution in [0.4, 0.5) is 10.9 Å². The number of anilines is 2. The van der Waals surface area contributed by atoms with Crippen LogP contribution in [0.5, 0.6) is 0 Å². The Bertz CT molecular complexity index is 1050. The standard InChI is InChI=1S/C22H26N6OS/c1-13-10-17(16-4-5-19(23)25-12-16)11-18(26-13)15-6-8-28(9-7-15)21(29)20-14(2)27-22(24-3)30-20/h4-5,10-12,15H,6-9H2,1-3H3,(H2,23,25)(H,24,27). The molecule has 3 N–H and O–H groups in total. The average Bonchev–Trinajstić information content (AvgIpc) is 3.14. The number of piperidine rings is 1. The van der Waals surface area contributed by atoms with E-state index in [1.54, 1.807) is 6.20 Å². The Balaban J connectivity index is 1.48. The first-order valence-corrected chi connectivity index (χ1v) is 10.9. The fourth-order valence-electron chi connectivity index (χ4n) is 3.87. The number of nitrogens with zero attached hydrogens (tertiary/aromatic N) is 4. The first kappa shape index (κ1) is 20.3. The van der Waals surface area contributed by atoms with Crippen molar-refractivity contribution in [3.63, 3.8) is 0 Å². The fourth-order valence-corrected chi connectivity index (χ4v) is 4.76. The van der Waals surface area contributed by atoms with E-state index in [2.05, 4.69) is 27.4 Å². The van der Waals surface area contributed by atoms with Gasteiger partial charge in [0.05, 0.1) is 5.69 Å². The number of thiazole rings is 1. The van der Waals surface area contributed by atoms with Gasteiger partial charge in [-0.05, 0) is 56.5 Å². The number of hydrogen-bond donors (Lipinski definition) is 2. The third-order valence-corrected chi connectivity index (χ3v) is 6.66. The molecule has 0 saturated carbocycles. The molecule has 0 atom stereocenters. The SMILES string of the molecule is CNc1nc(C)c(C(=O)N2CCC(c3cc(-c4ccc(N)nc4)cc(C)n3)CC2)s1. The summed E-state index contributed by atoms with van der Waals surface area (Å²) in [6, 6.07) is 8.02. The van der Waals surface area contributed by atoms with E-state index >= 15 is 0 Å². The molecule has 1 aliphatic rings. The van der Waals surface area contributed by atoms with E-state index in [9.17, 15) is 4.79 Å². The zero-order valence-corrected chi connectivity index (χ0v) is 18.3. The van der Waals surface area contributed by atoms with Crippen LogP contribution in [0.3, 0.4) is 0 Å². The Morgan fingerprint density at radius 1 is 1.17 bits per heavy atom. The third kappa shape index (κ3) is 4.14. The fraction of sp³-hybridized carbons (Fsp3) is 0.364. The maximum atomic E-state index is 12.9. The minimum atomic E-state index is 0.0794. The van der Waals surface area contributed by atoms with Crippen molar-refractivity contribution >= 4 is 28.2 Å². The summed E-state index contributed by atoms with van der Waals surface area (Å²) in [5.41, 5.74) is 10.7. The molecule has 0 bridgehead atoms. The number of carbonyl (C=O) groups excluding carboxylic acids is 1. The smallest absolute Gasteiger partial charge is 0.265 e. The predicted octanol–water partition coefficient (Wildman–Crippen LogP) is 3.86. The van der Waals surface area contributed by atoms with Crippen LogP contribution in [0.1, 0.15) is 45.5 Å². The number of nitrogens with two attached hydrogens (primary N) is 1. The van der Waals surface area contributed by atoms with Crippen molar-refractivity contribution in [2.24, 2.45) is 0 Å². The molecule has 0 spiro atoms. The molecule has 3 aromatic heterocycles. The Morgan fingerprint density at radius 2 is 1.93 bits per heavy atom. The zero-order valence-electron chi connectivity index (χ0n) is 17.5. The summed E-state index contributed by atoms with van der Waals surface area (Å²) < 4.78 is 0. The number of likely N-dealkylation sites (tertiary alicyclic amines) is 1. The molecule has 7 nitrogen and oxygen atoms in total. The van der Waals surface area contributed by atoms with Crippen LogP contribution in [0.2, 0.25) is 0 Å². The van der Waals surface area contributed by atoms with Crippen molar-refractivity contribution < 1.29 is 4.79 Å². The average molecular weight is 423 g/mol. The normalized spacial score (nSPS) is 14.7. The molecule has 30 heavy (non-hydrogen) atoms. The summed E-state index contributed by atoms with van der Waals surface area (Å²) in [4.78, 5) is 29.0. The number of nitrogen functional groups attached to an aromatic ring is 1. The number of aromatic nitrogens is 3. The van der Waals surface area contributed by atoms with E-state index in [1.165, 1.54) is 11.3 Å². The Kier molecular flexibility index (Phi) is 5.67. The van der Waals surface area contributed by atoms with E-state index in [0.29, 0.717) is 11.7 Å². The topological polar surface area (TPSA) is 97.0 Å². The van der Waals surface area contributed by atoms with Crippen LogP contribution in [0.25, 0.3) is 11.1 Å². The van der Waals surface area contributed by atoms with Gasteiger partial charge in [-0.25, -0.2) is 9.97 Å². The lowest BCUT2D eigenvalue weighted by atomic mass is 9.91. The quantitative estimate of drug-likeness (QED) is 0.663. The predicted molar refractivity (Wildman–Crippen MR) is 121 cm³/mol. The van der Waals surface area contributed by atoms with E-state index in [1.807, 2.05) is 37.9 Å². The Hall–Kier alpha value is -3.00. The summed E-state index contributed by atoms with van der Waals surface area (Å²) in [5.74, 6) is 0.931. The van der Waals surface area contributed by atoms with Gasteiger partial charge in [-0.15, -0.1) is 0 Å². The molecule has 1 amide bonds. The van der Waals surface area contributed by atoms with E-state index in [0.717, 1.165) is 64.1 Å². The lowest BCUT2D eigenvalue weighted by Gasteiger charge is -2.31. The summed E-state index contributed by atoms with van der Waals surface area (Å²) in [7, 11) is 1.82. The van der Waals surface area contributed by atoms with Crippen LogP contribution in [0, 0.1) is 13.8 Å². The van der Waals surface area contributed by atoms with E-state index in [4.69, 9.17) is 10.7 Å². The van der Waals surface area contributed by atoms with Crippen molar-refractivity contribution in [2.75, 3.05) is 31.2 Å². The molecule has 8 heteroatoms. The largest absolute Gasteiger partial charge is 0.384 e. The molecule has 1 saturated heterocycles. The first-order valence-electron chi connectivity index (χ1n) is 10.1. The molecular weight excluding hydrogens is 396 g/mol. The molecule has 4 rings (SSSR count). The Morgan fingerprint density at radius 3 is 2.57 bits per heavy atom. The van der Waals surface area contributed by atoms with Crippen molar-refractivity contribution in [1.82, 2.24) is 19.9 Å². The van der Waals surface area contributed by atoms with Crippen LogP contribution in [-0.2, 0) is 0 Å². The van der Waals surface area contributed by atoms with Gasteiger partial charge in [0.1, 0.15) is 10.7 Å². The number of hydrogen-bond acceptors (Lipinski definition) is 7. The Labute approximate surface area is 180 Å². The highest BCUT2D eigenvalue weighted by Crippen LogP contribution is 2.32. The van der Waals surface area contributed by atoms with Crippen molar-refractivity contribution in [2.45, 2.75) is 32.6 Å². The van der Waals surface area contributed by atoms with Crippen LogP contribution in [-0.4, -0.2) is 45.9 Å². The molecule has 156 valence electrons. The lowest BCUT2D eigenvalue weighted by Crippen LogP contribution is -2.38. The van der Waals surface area contributed by atoms with Gasteiger partial charge in [-0.1, -0.05) is 11.3 Å². The summed E-state index contributed by atoms with van der Waals surface area (Å²) in [6.45, 7) is 5.36. The van der Waals surface area contributed by atoms with Gasteiger partial charge in [0, 0.05) is 49.2 Å². The molecule has 0 aromatic carbocycles.